The number of hydrogen-bond donors (Lipinski definition) is 12. The van der Waals surface area contributed by atoms with Crippen LogP contribution >= 0.6 is 30.0 Å². The molecule has 3 aliphatic rings. The van der Waals surface area contributed by atoms with E-state index in [4.69, 9.17) is 64.6 Å². The minimum Gasteiger partial charge on any atom is -0.387 e. The van der Waals surface area contributed by atoms with Crippen LogP contribution in [0.5, 0.6) is 0 Å². The van der Waals surface area contributed by atoms with Crippen LogP contribution in [-0.4, -0.2) is 177 Å². The summed E-state index contributed by atoms with van der Waals surface area (Å²) in [4.78, 5) is 87.2. The van der Waals surface area contributed by atoms with Crippen molar-refractivity contribution in [1.82, 2.24) is 53.6 Å². The Hall–Kier alpha value is -5.47. The van der Waals surface area contributed by atoms with Gasteiger partial charge in [-0.1, -0.05) is 35.3 Å². The minimum absolute atomic E-state index is 0.00980. The molecule has 42 heteroatoms. The van der Waals surface area contributed by atoms with Gasteiger partial charge in [0.25, 0.3) is 17.1 Å². The van der Waals surface area contributed by atoms with Gasteiger partial charge in [0.1, 0.15) is 61.3 Å². The summed E-state index contributed by atoms with van der Waals surface area (Å²) < 4.78 is 101. The molecule has 10 rings (SSSR count). The molecule has 0 spiro atoms. The molecule has 6 aromatic heterocycles. The number of aliphatic hydroxyl groups excluding tert-OH is 4. The van der Waals surface area contributed by atoms with Gasteiger partial charge in [0.05, 0.1) is 39.5 Å². The molecule has 444 valence electrons. The predicted octanol–water partition coefficient (Wildman–Crippen LogP) is -1.84. The van der Waals surface area contributed by atoms with E-state index in [-0.39, 0.29) is 45.4 Å². The first-order valence-corrected chi connectivity index (χ1v) is 31.6. The monoisotopic (exact) mass is 1250 g/mol. The number of nitrogen functional groups attached to an aromatic ring is 2. The van der Waals surface area contributed by atoms with E-state index in [0.29, 0.717) is 12.4 Å². The fraction of sp³-hybridized carbons (Fsp3) is 0.475. The molecule has 16 atom stereocenters. The third-order valence-corrected chi connectivity index (χ3v) is 19.7. The Morgan fingerprint density at radius 3 is 2.04 bits per heavy atom. The van der Waals surface area contributed by atoms with Gasteiger partial charge >= 0.3 is 35.6 Å². The van der Waals surface area contributed by atoms with Gasteiger partial charge in [-0.3, -0.25) is 51.4 Å². The summed E-state index contributed by atoms with van der Waals surface area (Å²) in [5.74, 6) is -0.242. The molecule has 82 heavy (non-hydrogen) atoms. The maximum absolute atomic E-state index is 14.3. The summed E-state index contributed by atoms with van der Waals surface area (Å²) in [7, 11) is -13.1. The summed E-state index contributed by atoms with van der Waals surface area (Å²) in [6, 6.07) is 9.36. The highest BCUT2D eigenvalue weighted by Crippen LogP contribution is 2.68. The number of nitrogens with two attached hydrogens (primary N) is 2. The van der Waals surface area contributed by atoms with Gasteiger partial charge in [0.15, 0.2) is 46.9 Å². The van der Waals surface area contributed by atoms with Gasteiger partial charge in [0, 0.05) is 20.3 Å². The van der Waals surface area contributed by atoms with Crippen LogP contribution in [-0.2, 0) is 84.8 Å². The van der Waals surface area contributed by atoms with Crippen molar-refractivity contribution in [3.63, 3.8) is 0 Å². The Morgan fingerprint density at radius 2 is 1.34 bits per heavy atom. The molecular weight excluding hydrogens is 1200 g/mol. The highest BCUT2D eigenvalue weighted by atomic mass is 32.5. The lowest BCUT2D eigenvalue weighted by atomic mass is 10.1. The molecule has 3 aliphatic heterocycles. The number of methoxy groups -OCH3 is 1. The lowest BCUT2D eigenvalue weighted by molar-refractivity contribution is -0.745. The van der Waals surface area contributed by atoms with Crippen LogP contribution in [0, 0.1) is 0 Å². The summed E-state index contributed by atoms with van der Waals surface area (Å²) in [6.07, 6.45) is -13.7. The average Bonchev–Trinajstić information content (AvgIpc) is 4.47. The molecule has 3 saturated heterocycles. The lowest BCUT2D eigenvalue weighted by Crippen LogP contribution is -2.46. The van der Waals surface area contributed by atoms with Gasteiger partial charge in [-0.15, -0.1) is 0 Å². The number of phosphoric ester groups is 2. The van der Waals surface area contributed by atoms with Gasteiger partial charge in [0.2, 0.25) is 17.7 Å². The third-order valence-electron chi connectivity index (χ3n) is 13.0. The van der Waals surface area contributed by atoms with Crippen LogP contribution in [0.2, 0.25) is 0 Å². The van der Waals surface area contributed by atoms with Crippen molar-refractivity contribution in [3.05, 3.63) is 81.9 Å². The standard InChI is InChI=1S/C40H51N15O22P4S/c1-52-16-55(33-23(52)35(61)51-40(42)49-33)37-27(59)25(57)19(73-37)11-70-79(63,64)76-81(67,82)77-80(65,66)71-12-20-28(29(68-2)38(74-20)53-14-46-21-30(44-13-45-31(21)53)43-9-17-7-5-4-6-8-17)75-78(3,62)69-10-18-24(56)26(58)36(72-18)54-15-47-22-32(54)48-39(41)50-34(22)60/h4-8,13-16,18-20,24-29,36-38,56-59H,9-12H2,1-3H3,(H9-,41,42,43,44,45,48,49,50,51,60,61,63,64,65,66,67,82)/p+1/t18-,19-,20-,24?,25?,26+,27?,28?,29+,36-,37-,38-,78?,81?/m1/s1. The molecule has 7 aromatic rings. The van der Waals surface area contributed by atoms with Crippen LogP contribution in [0.3, 0.4) is 0 Å². The number of nitrogens with zero attached hydrogens (tertiary/aromatic N) is 10. The number of aliphatic hydroxyl groups is 4. The number of aromatic nitrogens is 12. The molecule has 0 amide bonds. The van der Waals surface area contributed by atoms with Crippen molar-refractivity contribution in [3.8, 4) is 0 Å². The van der Waals surface area contributed by atoms with Crippen LogP contribution in [0.1, 0.15) is 24.2 Å². The molecule has 9 heterocycles. The molecule has 1 aromatic carbocycles. The highest BCUT2D eigenvalue weighted by molar-refractivity contribution is 8.09. The van der Waals surface area contributed by atoms with Crippen molar-refractivity contribution in [1.29, 1.82) is 0 Å². The van der Waals surface area contributed by atoms with Crippen LogP contribution in [0.15, 0.2) is 65.2 Å². The van der Waals surface area contributed by atoms with E-state index in [1.807, 2.05) is 30.3 Å². The summed E-state index contributed by atoms with van der Waals surface area (Å²) in [5.41, 5.74) is 11.1. The van der Waals surface area contributed by atoms with E-state index < -0.39 is 135 Å². The summed E-state index contributed by atoms with van der Waals surface area (Å²) in [5, 5.41) is 46.9. The first-order valence-electron chi connectivity index (χ1n) is 24.0. The van der Waals surface area contributed by atoms with Gasteiger partial charge in [-0.2, -0.15) is 4.98 Å². The van der Waals surface area contributed by atoms with Crippen LogP contribution < -0.4 is 32.5 Å². The second-order valence-corrected chi connectivity index (χ2v) is 26.6. The van der Waals surface area contributed by atoms with E-state index >= 15 is 0 Å². The number of aryl methyl sites for hydroxylation is 1. The quantitative estimate of drug-likeness (QED) is 0.0262. The zero-order chi connectivity index (χ0) is 58.8. The second-order valence-electron chi connectivity index (χ2n) is 18.6. The molecule has 0 aliphatic carbocycles. The zero-order valence-electron chi connectivity index (χ0n) is 42.5. The third kappa shape index (κ3) is 12.4. The fourth-order valence-electron chi connectivity index (χ4n) is 9.29. The van der Waals surface area contributed by atoms with Crippen molar-refractivity contribution < 1.29 is 99.0 Å². The maximum Gasteiger partial charge on any atom is 0.479 e. The molecule has 0 radical (unpaired) electrons. The number of imidazole rings is 3. The minimum atomic E-state index is -5.72. The summed E-state index contributed by atoms with van der Waals surface area (Å²) in [6.45, 7) is -6.80. The van der Waals surface area contributed by atoms with E-state index in [1.165, 1.54) is 46.8 Å². The smallest absolute Gasteiger partial charge is 0.387 e. The number of ether oxygens (including phenoxy) is 4. The topological polar surface area (TPSA) is 511 Å². The number of H-pyrrole nitrogens is 2. The Kier molecular flexibility index (Phi) is 16.9. The first kappa shape index (κ1) is 59.7. The molecule has 0 saturated carbocycles. The largest absolute Gasteiger partial charge is 0.479 e. The van der Waals surface area contributed by atoms with E-state index in [9.17, 15) is 58.4 Å². The maximum atomic E-state index is 14.3. The van der Waals surface area contributed by atoms with E-state index in [1.54, 1.807) is 0 Å². The van der Waals surface area contributed by atoms with Crippen molar-refractivity contribution in [2.45, 2.75) is 80.2 Å². The van der Waals surface area contributed by atoms with Crippen LogP contribution in [0.25, 0.3) is 33.5 Å². The van der Waals surface area contributed by atoms with Gasteiger partial charge in [-0.25, -0.2) is 42.3 Å². The number of hydrogen-bond acceptors (Lipinski definition) is 29. The first-order chi connectivity index (χ1) is 38.7. The van der Waals surface area contributed by atoms with Crippen molar-refractivity contribution in [2.24, 2.45) is 7.05 Å². The molecule has 14 N–H and O–H groups in total. The number of anilines is 3. The lowest BCUT2D eigenvalue weighted by Gasteiger charge is -2.27. The Balaban J connectivity index is 0.828. The molecule has 37 nitrogen and oxygen atoms in total. The normalized spacial score (nSPS) is 28.8. The average molecular weight is 1250 g/mol. The second kappa shape index (κ2) is 23.2. The Bertz CT molecular complexity index is 3840. The fourth-order valence-corrected chi connectivity index (χ4v) is 15.5. The molecule has 3 fully saturated rings. The number of rotatable bonds is 22. The number of nitrogens with one attached hydrogen (secondary N) is 3. The van der Waals surface area contributed by atoms with Gasteiger partial charge in [-0.05, 0) is 17.4 Å². The molecule has 8 unspecified atom stereocenters. The Labute approximate surface area is 463 Å². The highest BCUT2D eigenvalue weighted by Gasteiger charge is 2.53. The van der Waals surface area contributed by atoms with Gasteiger partial charge < -0.3 is 75.4 Å². The number of aromatic amines is 2. The van der Waals surface area contributed by atoms with E-state index in [0.717, 1.165) is 23.1 Å². The SMILES string of the molecule is CO[C@H]1C(OP(C)(=O)OC[C@H]2O[C@@H](n3cnc4c(=O)[nH]c(N)nc43)[C@@H](O)C2O)[C@@H](COP(=O)(O)OP(O)(=S)OP(=O)(O)OC[C@H]2O[C@@H]([n+]3cn(C)c4c(=O)[nH]c(N)nc43)C(O)C2O)O[C@H]1n1cnc2c(NCc3ccccc3)ncnc21. The summed E-state index contributed by atoms with van der Waals surface area (Å²) >= 11 is 4.79. The molecular formula is C40H52N15O22P4S+. The molecule has 0 bridgehead atoms. The van der Waals surface area contributed by atoms with Crippen molar-refractivity contribution >= 4 is 93.0 Å². The zero-order valence-corrected chi connectivity index (χ0v) is 46.9. The van der Waals surface area contributed by atoms with Crippen molar-refractivity contribution in [2.75, 3.05) is 50.4 Å². The predicted molar refractivity (Wildman–Crippen MR) is 279 cm³/mol. The van der Waals surface area contributed by atoms with E-state index in [2.05, 4.69) is 49.5 Å². The number of benzene rings is 1. The van der Waals surface area contributed by atoms with Crippen LogP contribution in [0.4, 0.5) is 17.7 Å². The number of phosphoric acid groups is 2. The Morgan fingerprint density at radius 1 is 0.744 bits per heavy atom. The number of fused-ring (bicyclic) bond motifs is 3.